The molecule has 4 nitrogen and oxygen atoms in total. The molecule has 0 aromatic carbocycles. The van der Waals surface area contributed by atoms with E-state index in [-0.39, 0.29) is 6.10 Å². The first-order valence-corrected chi connectivity index (χ1v) is 8.02. The molecular formula is C17H29N3O. The molecule has 1 aliphatic rings. The fourth-order valence-corrected chi connectivity index (χ4v) is 3.41. The average molecular weight is 291 g/mol. The van der Waals surface area contributed by atoms with Crippen LogP contribution in [-0.2, 0) is 0 Å². The van der Waals surface area contributed by atoms with Crippen molar-refractivity contribution in [2.45, 2.75) is 65.9 Å². The summed E-state index contributed by atoms with van der Waals surface area (Å²) >= 11 is 0. The minimum atomic E-state index is 0.253. The van der Waals surface area contributed by atoms with E-state index in [0.717, 1.165) is 24.5 Å². The monoisotopic (exact) mass is 291 g/mol. The zero-order chi connectivity index (χ0) is 15.6. The summed E-state index contributed by atoms with van der Waals surface area (Å²) in [6.07, 6.45) is 3.73. The molecule has 2 unspecified atom stereocenters. The molecule has 4 heteroatoms. The van der Waals surface area contributed by atoms with E-state index < -0.39 is 0 Å². The molecule has 1 N–H and O–H groups in total. The van der Waals surface area contributed by atoms with Crippen molar-refractivity contribution in [3.05, 3.63) is 11.9 Å². The average Bonchev–Trinajstić information content (AvgIpc) is 2.35. The van der Waals surface area contributed by atoms with E-state index in [1.165, 1.54) is 6.42 Å². The maximum absolute atomic E-state index is 6.20. The predicted octanol–water partition coefficient (Wildman–Crippen LogP) is 4.24. The van der Waals surface area contributed by atoms with Gasteiger partial charge in [0.05, 0.1) is 0 Å². The Balaban J connectivity index is 2.16. The van der Waals surface area contributed by atoms with Gasteiger partial charge >= 0.3 is 0 Å². The Morgan fingerprint density at radius 3 is 2.57 bits per heavy atom. The van der Waals surface area contributed by atoms with Gasteiger partial charge in [-0.3, -0.25) is 0 Å². The third-order valence-corrected chi connectivity index (χ3v) is 4.13. The van der Waals surface area contributed by atoms with Gasteiger partial charge in [-0.1, -0.05) is 34.6 Å². The van der Waals surface area contributed by atoms with E-state index in [1.54, 1.807) is 0 Å². The number of ether oxygens (including phenoxy) is 1. The molecule has 0 amide bonds. The second-order valence-electron chi connectivity index (χ2n) is 7.51. The molecule has 2 rings (SSSR count). The van der Waals surface area contributed by atoms with Crippen molar-refractivity contribution in [2.24, 2.45) is 11.3 Å². The Labute approximate surface area is 128 Å². The van der Waals surface area contributed by atoms with Crippen LogP contribution in [-0.4, -0.2) is 23.1 Å². The Morgan fingerprint density at radius 2 is 2.00 bits per heavy atom. The van der Waals surface area contributed by atoms with Crippen molar-refractivity contribution in [1.29, 1.82) is 0 Å². The Morgan fingerprint density at radius 1 is 1.29 bits per heavy atom. The van der Waals surface area contributed by atoms with E-state index in [2.05, 4.69) is 49.9 Å². The van der Waals surface area contributed by atoms with Crippen LogP contribution in [0, 0.1) is 11.3 Å². The van der Waals surface area contributed by atoms with E-state index in [4.69, 9.17) is 4.74 Å². The molecule has 118 valence electrons. The lowest BCUT2D eigenvalue weighted by atomic mass is 9.71. The molecule has 0 spiro atoms. The summed E-state index contributed by atoms with van der Waals surface area (Å²) in [5.41, 5.74) is 0.349. The highest BCUT2D eigenvalue weighted by molar-refractivity contribution is 5.38. The summed E-state index contributed by atoms with van der Waals surface area (Å²) in [6, 6.07) is 1.90. The van der Waals surface area contributed by atoms with Gasteiger partial charge in [-0.15, -0.1) is 0 Å². The molecule has 1 saturated carbocycles. The second-order valence-corrected chi connectivity index (χ2v) is 7.51. The van der Waals surface area contributed by atoms with Crippen LogP contribution in [0.5, 0.6) is 5.88 Å². The van der Waals surface area contributed by atoms with Gasteiger partial charge in [0, 0.05) is 19.0 Å². The molecule has 0 aliphatic heterocycles. The summed E-state index contributed by atoms with van der Waals surface area (Å²) < 4.78 is 6.20. The van der Waals surface area contributed by atoms with Gasteiger partial charge in [0.1, 0.15) is 17.7 Å². The highest BCUT2D eigenvalue weighted by atomic mass is 16.5. The van der Waals surface area contributed by atoms with Crippen LogP contribution < -0.4 is 10.1 Å². The molecule has 1 fully saturated rings. The normalized spacial score (nSPS) is 24.9. The van der Waals surface area contributed by atoms with E-state index >= 15 is 0 Å². The fourth-order valence-electron chi connectivity index (χ4n) is 3.41. The molecule has 2 atom stereocenters. The van der Waals surface area contributed by atoms with Gasteiger partial charge in [-0.25, -0.2) is 4.98 Å². The first kappa shape index (κ1) is 16.1. The number of hydrogen-bond acceptors (Lipinski definition) is 4. The molecule has 21 heavy (non-hydrogen) atoms. The summed E-state index contributed by atoms with van der Waals surface area (Å²) in [5, 5.41) is 3.09. The largest absolute Gasteiger partial charge is 0.474 e. The van der Waals surface area contributed by atoms with Gasteiger partial charge in [0.25, 0.3) is 0 Å². The lowest BCUT2D eigenvalue weighted by molar-refractivity contribution is 0.0530. The highest BCUT2D eigenvalue weighted by Gasteiger charge is 2.33. The van der Waals surface area contributed by atoms with Gasteiger partial charge in [-0.05, 0) is 30.6 Å². The molecule has 0 bridgehead atoms. The van der Waals surface area contributed by atoms with Crippen LogP contribution in [0.4, 0.5) is 5.82 Å². The van der Waals surface area contributed by atoms with Gasteiger partial charge in [0.15, 0.2) is 0 Å². The van der Waals surface area contributed by atoms with E-state index in [0.29, 0.717) is 23.1 Å². The minimum Gasteiger partial charge on any atom is -0.474 e. The number of anilines is 1. The topological polar surface area (TPSA) is 47.0 Å². The fraction of sp³-hybridized carbons (Fsp3) is 0.765. The first-order valence-electron chi connectivity index (χ1n) is 8.02. The number of nitrogens with one attached hydrogen (secondary N) is 1. The summed E-state index contributed by atoms with van der Waals surface area (Å²) in [7, 11) is 1.88. The molecule has 1 aromatic heterocycles. The van der Waals surface area contributed by atoms with Crippen molar-refractivity contribution in [2.75, 3.05) is 12.4 Å². The quantitative estimate of drug-likeness (QED) is 0.901. The molecule has 0 saturated heterocycles. The third kappa shape index (κ3) is 4.32. The maximum atomic E-state index is 6.20. The Bertz CT molecular complexity index is 485. The lowest BCUT2D eigenvalue weighted by Gasteiger charge is -2.38. The zero-order valence-electron chi connectivity index (χ0n) is 14.2. The first-order chi connectivity index (χ1) is 9.79. The van der Waals surface area contributed by atoms with Crippen molar-refractivity contribution in [3.8, 4) is 5.88 Å². The number of rotatable bonds is 4. The molecular weight excluding hydrogens is 262 g/mol. The van der Waals surface area contributed by atoms with Crippen LogP contribution in [0.15, 0.2) is 6.07 Å². The van der Waals surface area contributed by atoms with Gasteiger partial charge < -0.3 is 10.1 Å². The van der Waals surface area contributed by atoms with Crippen molar-refractivity contribution >= 4 is 5.82 Å². The highest BCUT2D eigenvalue weighted by Crippen LogP contribution is 2.40. The lowest BCUT2D eigenvalue weighted by Crippen LogP contribution is -2.34. The third-order valence-electron chi connectivity index (χ3n) is 4.13. The van der Waals surface area contributed by atoms with Crippen molar-refractivity contribution in [1.82, 2.24) is 9.97 Å². The smallest absolute Gasteiger partial charge is 0.219 e. The molecule has 1 aliphatic carbocycles. The van der Waals surface area contributed by atoms with E-state index in [1.807, 2.05) is 13.1 Å². The standard InChI is InChI=1S/C17H29N3O/c1-11(2)16-19-14(18-6)8-15(20-16)21-13-7-12(3)9-17(4,5)10-13/h8,11-13H,7,9-10H2,1-6H3,(H,18,19,20). The Kier molecular flexibility index (Phi) is 4.74. The van der Waals surface area contributed by atoms with Crippen LogP contribution in [0.2, 0.25) is 0 Å². The van der Waals surface area contributed by atoms with Crippen LogP contribution in [0.25, 0.3) is 0 Å². The van der Waals surface area contributed by atoms with E-state index in [9.17, 15) is 0 Å². The van der Waals surface area contributed by atoms with Gasteiger partial charge in [0.2, 0.25) is 5.88 Å². The number of hydrogen-bond donors (Lipinski definition) is 1. The van der Waals surface area contributed by atoms with Crippen LogP contribution in [0.1, 0.15) is 65.6 Å². The Hall–Kier alpha value is -1.32. The molecule has 1 heterocycles. The second kappa shape index (κ2) is 6.20. The predicted molar refractivity (Wildman–Crippen MR) is 86.9 cm³/mol. The number of aromatic nitrogens is 2. The van der Waals surface area contributed by atoms with Crippen LogP contribution >= 0.6 is 0 Å². The SMILES string of the molecule is CNc1cc(OC2CC(C)CC(C)(C)C2)nc(C(C)C)n1. The summed E-state index contributed by atoms with van der Waals surface area (Å²) in [6.45, 7) is 11.2. The van der Waals surface area contributed by atoms with Gasteiger partial charge in [-0.2, -0.15) is 4.98 Å². The number of nitrogens with zero attached hydrogens (tertiary/aromatic N) is 2. The van der Waals surface area contributed by atoms with Crippen LogP contribution in [0.3, 0.4) is 0 Å². The van der Waals surface area contributed by atoms with Crippen molar-refractivity contribution < 1.29 is 4.74 Å². The maximum Gasteiger partial charge on any atom is 0.219 e. The van der Waals surface area contributed by atoms with Crippen molar-refractivity contribution in [3.63, 3.8) is 0 Å². The minimum absolute atomic E-state index is 0.253. The molecule has 1 aromatic rings. The zero-order valence-corrected chi connectivity index (χ0v) is 14.2. The molecule has 0 radical (unpaired) electrons. The summed E-state index contributed by atoms with van der Waals surface area (Å²) in [4.78, 5) is 9.06. The summed E-state index contributed by atoms with van der Waals surface area (Å²) in [5.74, 6) is 3.36.